The highest BCUT2D eigenvalue weighted by atomic mass is 32.2. The number of thioether (sulfide) groups is 1. The summed E-state index contributed by atoms with van der Waals surface area (Å²) in [5.74, 6) is -0.527. The number of allylic oxidation sites excluding steroid dienone is 1. The molecule has 0 aliphatic carbocycles. The van der Waals surface area contributed by atoms with Gasteiger partial charge >= 0.3 is 10.2 Å². The van der Waals surface area contributed by atoms with Gasteiger partial charge in [-0.2, -0.15) is 13.5 Å². The number of hydrogen-bond donors (Lipinski definition) is 1. The van der Waals surface area contributed by atoms with E-state index in [0.717, 1.165) is 9.20 Å². The van der Waals surface area contributed by atoms with Crippen LogP contribution in [-0.4, -0.2) is 47.4 Å². The lowest BCUT2D eigenvalue weighted by molar-refractivity contribution is -0.113. The molecule has 2 heterocycles. The molecule has 8 nitrogen and oxygen atoms in total. The van der Waals surface area contributed by atoms with Crippen molar-refractivity contribution in [2.75, 3.05) is 18.6 Å². The van der Waals surface area contributed by atoms with Gasteiger partial charge in [-0.15, -0.1) is 16.2 Å². The Bertz CT molecular complexity index is 1090. The van der Waals surface area contributed by atoms with Gasteiger partial charge in [0.1, 0.15) is 5.70 Å². The number of para-hydroxylation sites is 1. The lowest BCUT2D eigenvalue weighted by atomic mass is 10.1. The molecule has 1 N–H and O–H groups in total. The van der Waals surface area contributed by atoms with Gasteiger partial charge in [-0.1, -0.05) is 12.1 Å². The predicted octanol–water partition coefficient (Wildman–Crippen LogP) is 2.44. The van der Waals surface area contributed by atoms with Crippen LogP contribution < -0.4 is 5.32 Å². The van der Waals surface area contributed by atoms with Crippen LogP contribution in [0.3, 0.4) is 0 Å². The molecule has 1 aromatic carbocycles. The number of rotatable bonds is 5. The number of aryl methyl sites for hydroxylation is 2. The number of benzene rings is 1. The fraction of sp³-hybridized carbons (Fsp3) is 0.278. The molecule has 0 saturated heterocycles. The van der Waals surface area contributed by atoms with Gasteiger partial charge in [-0.05, 0) is 38.3 Å². The molecule has 3 rings (SSSR count). The number of nitrogens with zero attached hydrogens (tertiary/aromatic N) is 4. The number of anilines is 1. The molecule has 0 atom stereocenters. The zero-order valence-corrected chi connectivity index (χ0v) is 17.6. The molecule has 1 amide bonds. The lowest BCUT2D eigenvalue weighted by Crippen LogP contribution is -2.35. The van der Waals surface area contributed by atoms with E-state index in [4.69, 9.17) is 0 Å². The molecule has 0 unspecified atom stereocenters. The molecule has 0 fully saturated rings. The number of aromatic nitrogens is 2. The number of nitrogens with one attached hydrogen (secondary N) is 1. The van der Waals surface area contributed by atoms with Crippen molar-refractivity contribution in [2.45, 2.75) is 25.3 Å². The number of carbonyl (C=O) groups excluding carboxylic acids is 1. The summed E-state index contributed by atoms with van der Waals surface area (Å²) < 4.78 is 31.5. The Morgan fingerprint density at radius 2 is 2.00 bits per heavy atom. The Morgan fingerprint density at radius 3 is 2.64 bits per heavy atom. The minimum atomic E-state index is -4.03. The van der Waals surface area contributed by atoms with E-state index in [-0.39, 0.29) is 11.4 Å². The van der Waals surface area contributed by atoms with Gasteiger partial charge < -0.3 is 5.32 Å². The average Bonchev–Trinajstić information content (AvgIpc) is 3.05. The second-order valence-electron chi connectivity index (χ2n) is 6.09. The van der Waals surface area contributed by atoms with Gasteiger partial charge in [0.15, 0.2) is 0 Å². The highest BCUT2D eigenvalue weighted by Gasteiger charge is 2.31. The van der Waals surface area contributed by atoms with Gasteiger partial charge in [0, 0.05) is 30.2 Å². The third-order valence-corrected chi connectivity index (χ3v) is 6.42. The zero-order valence-electron chi connectivity index (χ0n) is 16.0. The Morgan fingerprint density at radius 1 is 1.29 bits per heavy atom. The van der Waals surface area contributed by atoms with Crippen LogP contribution in [0.25, 0.3) is 0 Å². The molecule has 1 aliphatic rings. The first kappa shape index (κ1) is 20.2. The molecular weight excluding hydrogens is 398 g/mol. The van der Waals surface area contributed by atoms with Crippen molar-refractivity contribution >= 4 is 39.3 Å². The normalized spacial score (nSPS) is 15.8. The van der Waals surface area contributed by atoms with E-state index in [1.165, 1.54) is 24.9 Å². The standard InChI is InChI=1S/C18H21N5O3S2/c1-5-23-11-13(12(2)20-23)15-10-16(22(3)28(25,26)21-15)18(24)19-14-8-6-7-9-17(14)27-4/h6-11H,5H2,1-4H3,(H,19,24). The Hall–Kier alpha value is -2.59. The van der Waals surface area contributed by atoms with Gasteiger partial charge in [0.25, 0.3) is 5.91 Å². The van der Waals surface area contributed by atoms with E-state index in [2.05, 4.69) is 14.8 Å². The van der Waals surface area contributed by atoms with Crippen LogP contribution in [0.4, 0.5) is 5.69 Å². The van der Waals surface area contributed by atoms with Crippen molar-refractivity contribution in [3.05, 3.63) is 53.5 Å². The van der Waals surface area contributed by atoms with E-state index in [0.29, 0.717) is 23.5 Å². The third-order valence-electron chi connectivity index (χ3n) is 4.31. The number of likely N-dealkylation sites (N-methyl/N-ethyl adjacent to an activating group) is 1. The van der Waals surface area contributed by atoms with Crippen LogP contribution in [-0.2, 0) is 21.5 Å². The van der Waals surface area contributed by atoms with Crippen LogP contribution >= 0.6 is 11.8 Å². The molecule has 10 heteroatoms. The Balaban J connectivity index is 2.01. The molecule has 0 saturated carbocycles. The maximum atomic E-state index is 12.9. The minimum absolute atomic E-state index is 0.00967. The van der Waals surface area contributed by atoms with Gasteiger partial charge in [-0.25, -0.2) is 4.31 Å². The monoisotopic (exact) mass is 419 g/mol. The summed E-state index contributed by atoms with van der Waals surface area (Å²) in [5, 5.41) is 7.12. The second-order valence-corrected chi connectivity index (χ2v) is 8.56. The quantitative estimate of drug-likeness (QED) is 0.751. The first-order chi connectivity index (χ1) is 13.3. The van der Waals surface area contributed by atoms with E-state index in [1.54, 1.807) is 29.9 Å². The summed E-state index contributed by atoms with van der Waals surface area (Å²) in [6.45, 7) is 4.35. The number of hydrogen-bond acceptors (Lipinski definition) is 5. The largest absolute Gasteiger partial charge is 0.345 e. The van der Waals surface area contributed by atoms with Crippen molar-refractivity contribution in [3.63, 3.8) is 0 Å². The Kier molecular flexibility index (Phi) is 5.61. The van der Waals surface area contributed by atoms with Gasteiger partial charge in [0.2, 0.25) is 0 Å². The first-order valence-electron chi connectivity index (χ1n) is 8.56. The molecular formula is C18H21N5O3S2. The average molecular weight is 420 g/mol. The van der Waals surface area contributed by atoms with Crippen molar-refractivity contribution in [3.8, 4) is 0 Å². The van der Waals surface area contributed by atoms with Crippen molar-refractivity contribution in [2.24, 2.45) is 4.40 Å². The molecule has 1 aliphatic heterocycles. The summed E-state index contributed by atoms with van der Waals surface area (Å²) in [5.41, 5.74) is 2.02. The van der Waals surface area contributed by atoms with Crippen molar-refractivity contribution in [1.82, 2.24) is 14.1 Å². The van der Waals surface area contributed by atoms with Crippen LogP contribution in [0.2, 0.25) is 0 Å². The fourth-order valence-corrected chi connectivity index (χ4v) is 4.22. The third kappa shape index (κ3) is 3.83. The minimum Gasteiger partial charge on any atom is -0.320 e. The van der Waals surface area contributed by atoms with Crippen LogP contribution in [0.15, 0.2) is 51.5 Å². The summed E-state index contributed by atoms with van der Waals surface area (Å²) >= 11 is 1.49. The van der Waals surface area contributed by atoms with Crippen molar-refractivity contribution < 1.29 is 13.2 Å². The lowest BCUT2D eigenvalue weighted by Gasteiger charge is -2.23. The molecule has 148 valence electrons. The summed E-state index contributed by atoms with van der Waals surface area (Å²) in [6.07, 6.45) is 5.10. The van der Waals surface area contributed by atoms with E-state index in [9.17, 15) is 13.2 Å². The van der Waals surface area contributed by atoms with Gasteiger partial charge in [0.05, 0.1) is 17.1 Å². The maximum Gasteiger partial charge on any atom is 0.345 e. The summed E-state index contributed by atoms with van der Waals surface area (Å²) in [6, 6.07) is 7.33. The second kappa shape index (κ2) is 7.80. The molecule has 0 radical (unpaired) electrons. The van der Waals surface area contributed by atoms with Crippen molar-refractivity contribution in [1.29, 1.82) is 0 Å². The van der Waals surface area contributed by atoms with Crippen LogP contribution in [0, 0.1) is 6.92 Å². The summed E-state index contributed by atoms with van der Waals surface area (Å²) in [4.78, 5) is 13.8. The Labute approximate surface area is 168 Å². The number of amides is 1. The van der Waals surface area contributed by atoms with Crippen LogP contribution in [0.5, 0.6) is 0 Å². The van der Waals surface area contributed by atoms with E-state index >= 15 is 0 Å². The smallest absolute Gasteiger partial charge is 0.320 e. The SMILES string of the molecule is CCn1cc(C2=NS(=O)(=O)N(C)C(C(=O)Nc3ccccc3SC)=C2)c(C)n1. The predicted molar refractivity (Wildman–Crippen MR) is 111 cm³/mol. The van der Waals surface area contributed by atoms with Crippen LogP contribution in [0.1, 0.15) is 18.2 Å². The molecule has 2 aromatic rings. The highest BCUT2D eigenvalue weighted by molar-refractivity contribution is 7.98. The maximum absolute atomic E-state index is 12.9. The first-order valence-corrected chi connectivity index (χ1v) is 11.2. The van der Waals surface area contributed by atoms with E-state index in [1.807, 2.05) is 25.3 Å². The van der Waals surface area contributed by atoms with Gasteiger partial charge in [-0.3, -0.25) is 9.48 Å². The summed E-state index contributed by atoms with van der Waals surface area (Å²) in [7, 11) is -2.72. The highest BCUT2D eigenvalue weighted by Crippen LogP contribution is 2.27. The van der Waals surface area contributed by atoms with E-state index < -0.39 is 16.1 Å². The fourth-order valence-electron chi connectivity index (χ4n) is 2.76. The molecule has 0 spiro atoms. The number of carbonyl (C=O) groups is 1. The molecule has 28 heavy (non-hydrogen) atoms. The zero-order chi connectivity index (χ0) is 20.5. The topological polar surface area (TPSA) is 96.7 Å². The molecule has 0 bridgehead atoms. The molecule has 1 aromatic heterocycles.